The van der Waals surface area contributed by atoms with Crippen LogP contribution in [0.25, 0.3) is 6.08 Å². The summed E-state index contributed by atoms with van der Waals surface area (Å²) in [5.74, 6) is 0. The minimum atomic E-state index is -1.40. The van der Waals surface area contributed by atoms with Crippen LogP contribution in [-0.2, 0) is 0 Å². The summed E-state index contributed by atoms with van der Waals surface area (Å²) in [5, 5.41) is 17.7. The highest BCUT2D eigenvalue weighted by Crippen LogP contribution is 2.06. The van der Waals surface area contributed by atoms with E-state index in [9.17, 15) is 0 Å². The molecule has 0 heterocycles. The summed E-state index contributed by atoms with van der Waals surface area (Å²) in [4.78, 5) is 0. The molecule has 0 aliphatic rings. The summed E-state index contributed by atoms with van der Waals surface area (Å²) in [6.07, 6.45) is 1.70. The maximum Gasteiger partial charge on any atom is 0.488 e. The number of aryl methyl sites for hydroxylation is 1. The molecule has 62 valence electrons. The third-order valence-corrected chi connectivity index (χ3v) is 1.82. The van der Waals surface area contributed by atoms with Gasteiger partial charge < -0.3 is 10.0 Å². The summed E-state index contributed by atoms with van der Waals surface area (Å²) in [7, 11) is -1.40. The molecule has 0 unspecified atom stereocenters. The molecule has 0 fully saturated rings. The van der Waals surface area contributed by atoms with Crippen LogP contribution in [0.3, 0.4) is 0 Å². The molecule has 0 aliphatic heterocycles. The van der Waals surface area contributed by atoms with Gasteiger partial charge in [-0.1, -0.05) is 30.9 Å². The average molecular weight is 162 g/mol. The summed E-state index contributed by atoms with van der Waals surface area (Å²) < 4.78 is 0. The van der Waals surface area contributed by atoms with E-state index in [-0.39, 0.29) is 0 Å². The van der Waals surface area contributed by atoms with Gasteiger partial charge in [-0.3, -0.25) is 0 Å². The average Bonchev–Trinajstić information content (AvgIpc) is 2.05. The first-order valence-electron chi connectivity index (χ1n) is 3.74. The van der Waals surface area contributed by atoms with Gasteiger partial charge in [0.05, 0.1) is 0 Å². The van der Waals surface area contributed by atoms with E-state index < -0.39 is 7.12 Å². The first-order valence-corrected chi connectivity index (χ1v) is 3.74. The zero-order valence-electron chi connectivity index (χ0n) is 6.99. The molecule has 1 rings (SSSR count). The molecule has 0 atom stereocenters. The summed E-state index contributed by atoms with van der Waals surface area (Å²) >= 11 is 0. The molecule has 0 amide bonds. The third kappa shape index (κ3) is 1.75. The number of hydrogen-bond donors (Lipinski definition) is 2. The van der Waals surface area contributed by atoms with E-state index in [1.54, 1.807) is 18.2 Å². The molecule has 2 nitrogen and oxygen atoms in total. The van der Waals surface area contributed by atoms with Crippen LogP contribution in [0.4, 0.5) is 0 Å². The van der Waals surface area contributed by atoms with Crippen LogP contribution in [-0.4, -0.2) is 17.2 Å². The van der Waals surface area contributed by atoms with Crippen molar-refractivity contribution < 1.29 is 10.0 Å². The Balaban J connectivity index is 3.13. The Kier molecular flexibility index (Phi) is 2.68. The fourth-order valence-electron chi connectivity index (χ4n) is 1.04. The van der Waals surface area contributed by atoms with Gasteiger partial charge in [-0.15, -0.1) is 0 Å². The normalized spacial score (nSPS) is 9.58. The van der Waals surface area contributed by atoms with Crippen molar-refractivity contribution >= 4 is 18.7 Å². The molecule has 0 spiro atoms. The predicted molar refractivity (Wildman–Crippen MR) is 51.1 cm³/mol. The Labute approximate surface area is 72.3 Å². The molecule has 0 aliphatic carbocycles. The van der Waals surface area contributed by atoms with Crippen molar-refractivity contribution in [3.05, 3.63) is 35.9 Å². The van der Waals surface area contributed by atoms with E-state index >= 15 is 0 Å². The van der Waals surface area contributed by atoms with Crippen LogP contribution in [0.5, 0.6) is 0 Å². The van der Waals surface area contributed by atoms with Gasteiger partial charge in [0.15, 0.2) is 0 Å². The molecule has 0 saturated heterocycles. The van der Waals surface area contributed by atoms with Crippen molar-refractivity contribution in [1.82, 2.24) is 0 Å². The second-order valence-corrected chi connectivity index (χ2v) is 2.69. The van der Waals surface area contributed by atoms with Crippen molar-refractivity contribution in [2.45, 2.75) is 6.92 Å². The molecular weight excluding hydrogens is 151 g/mol. The molecule has 0 aromatic heterocycles. The maximum atomic E-state index is 8.86. The zero-order chi connectivity index (χ0) is 9.14. The van der Waals surface area contributed by atoms with Crippen molar-refractivity contribution in [3.8, 4) is 0 Å². The molecule has 12 heavy (non-hydrogen) atoms. The Morgan fingerprint density at radius 3 is 2.58 bits per heavy atom. The summed E-state index contributed by atoms with van der Waals surface area (Å²) in [5.41, 5.74) is 2.51. The highest BCUT2D eigenvalue weighted by atomic mass is 16.4. The van der Waals surface area contributed by atoms with Crippen LogP contribution < -0.4 is 5.46 Å². The first kappa shape index (κ1) is 9.04. The van der Waals surface area contributed by atoms with Gasteiger partial charge in [0.1, 0.15) is 0 Å². The summed E-state index contributed by atoms with van der Waals surface area (Å²) in [6, 6.07) is 5.24. The lowest BCUT2D eigenvalue weighted by Gasteiger charge is -2.03. The zero-order valence-corrected chi connectivity index (χ0v) is 6.99. The molecule has 0 bridgehead atoms. The second kappa shape index (κ2) is 3.56. The van der Waals surface area contributed by atoms with Gasteiger partial charge in [0.25, 0.3) is 0 Å². The van der Waals surface area contributed by atoms with Gasteiger partial charge in [0, 0.05) is 0 Å². The standard InChI is InChI=1S/C9H11BO2/c1-3-8-6-9(10(11)12)5-4-7(8)2/h3-6,11-12H,1H2,2H3. The Morgan fingerprint density at radius 1 is 1.42 bits per heavy atom. The van der Waals surface area contributed by atoms with Gasteiger partial charge in [-0.25, -0.2) is 0 Å². The van der Waals surface area contributed by atoms with E-state index in [1.165, 1.54) is 0 Å². The summed E-state index contributed by atoms with van der Waals surface area (Å²) in [6.45, 7) is 5.58. The minimum Gasteiger partial charge on any atom is -0.423 e. The number of benzene rings is 1. The van der Waals surface area contributed by atoms with Crippen molar-refractivity contribution in [1.29, 1.82) is 0 Å². The Bertz CT molecular complexity index is 295. The minimum absolute atomic E-state index is 0.496. The van der Waals surface area contributed by atoms with Crippen molar-refractivity contribution in [2.75, 3.05) is 0 Å². The number of rotatable bonds is 2. The van der Waals surface area contributed by atoms with Crippen LogP contribution in [0, 0.1) is 6.92 Å². The molecule has 1 aromatic rings. The van der Waals surface area contributed by atoms with E-state index in [0.717, 1.165) is 11.1 Å². The molecular formula is C9H11BO2. The molecule has 2 N–H and O–H groups in total. The van der Waals surface area contributed by atoms with Crippen molar-refractivity contribution in [3.63, 3.8) is 0 Å². The van der Waals surface area contributed by atoms with Gasteiger partial charge in [0.2, 0.25) is 0 Å². The maximum absolute atomic E-state index is 8.86. The molecule has 0 radical (unpaired) electrons. The van der Waals surface area contributed by atoms with Gasteiger partial charge >= 0.3 is 7.12 Å². The Hall–Kier alpha value is -1.06. The van der Waals surface area contributed by atoms with Crippen LogP contribution >= 0.6 is 0 Å². The Morgan fingerprint density at radius 2 is 2.08 bits per heavy atom. The van der Waals surface area contributed by atoms with Gasteiger partial charge in [-0.2, -0.15) is 0 Å². The highest BCUT2D eigenvalue weighted by Gasteiger charge is 2.10. The van der Waals surface area contributed by atoms with Gasteiger partial charge in [-0.05, 0) is 23.5 Å². The monoisotopic (exact) mass is 162 g/mol. The topological polar surface area (TPSA) is 40.5 Å². The molecule has 1 aromatic carbocycles. The number of hydrogen-bond acceptors (Lipinski definition) is 2. The van der Waals surface area contributed by atoms with Crippen LogP contribution in [0.15, 0.2) is 24.8 Å². The highest BCUT2D eigenvalue weighted by molar-refractivity contribution is 6.58. The lowest BCUT2D eigenvalue weighted by molar-refractivity contribution is 0.426. The second-order valence-electron chi connectivity index (χ2n) is 2.69. The van der Waals surface area contributed by atoms with Crippen LogP contribution in [0.1, 0.15) is 11.1 Å². The van der Waals surface area contributed by atoms with E-state index in [4.69, 9.17) is 10.0 Å². The van der Waals surface area contributed by atoms with E-state index in [2.05, 4.69) is 6.58 Å². The third-order valence-electron chi connectivity index (χ3n) is 1.82. The van der Waals surface area contributed by atoms with E-state index in [0.29, 0.717) is 5.46 Å². The SMILES string of the molecule is C=Cc1cc(B(O)O)ccc1C. The van der Waals surface area contributed by atoms with E-state index in [1.807, 2.05) is 13.0 Å². The quantitative estimate of drug-likeness (QED) is 0.614. The fourth-order valence-corrected chi connectivity index (χ4v) is 1.04. The fraction of sp³-hybridized carbons (Fsp3) is 0.111. The molecule has 3 heteroatoms. The first-order chi connectivity index (χ1) is 5.65. The smallest absolute Gasteiger partial charge is 0.423 e. The lowest BCUT2D eigenvalue weighted by atomic mass is 9.79. The van der Waals surface area contributed by atoms with Crippen LogP contribution in [0.2, 0.25) is 0 Å². The lowest BCUT2D eigenvalue weighted by Crippen LogP contribution is -2.29. The molecule has 0 saturated carbocycles. The largest absolute Gasteiger partial charge is 0.488 e. The predicted octanol–water partition coefficient (Wildman–Crippen LogP) is 0.318. The van der Waals surface area contributed by atoms with Crippen molar-refractivity contribution in [2.24, 2.45) is 0 Å².